The molecule has 0 aromatic carbocycles. The third-order valence-electron chi connectivity index (χ3n) is 0.818. The van der Waals surface area contributed by atoms with E-state index in [2.05, 4.69) is 5.32 Å². The van der Waals surface area contributed by atoms with E-state index >= 15 is 0 Å². The predicted octanol–water partition coefficient (Wildman–Crippen LogP) is 1.69. The van der Waals surface area contributed by atoms with Crippen LogP contribution in [0.4, 0.5) is 4.79 Å². The van der Waals surface area contributed by atoms with Gasteiger partial charge in [-0.25, -0.2) is 4.79 Å². The highest BCUT2D eigenvalue weighted by Crippen LogP contribution is 1.80. The minimum Gasteiger partial charge on any atom is -0.336 e. The first kappa shape index (κ1) is 12.9. The highest BCUT2D eigenvalue weighted by atomic mass is 16.2. The van der Waals surface area contributed by atoms with E-state index in [1.807, 2.05) is 27.7 Å². The number of nitrogens with one attached hydrogen (secondary N) is 1. The van der Waals surface area contributed by atoms with E-state index in [4.69, 9.17) is 0 Å². The van der Waals surface area contributed by atoms with E-state index in [1.165, 1.54) is 4.90 Å². The van der Waals surface area contributed by atoms with Crippen molar-refractivity contribution in [1.29, 1.82) is 0 Å². The molecule has 3 heteroatoms. The van der Waals surface area contributed by atoms with Gasteiger partial charge in [-0.15, -0.1) is 0 Å². The smallest absolute Gasteiger partial charge is 0.317 e. The molecular weight excluding hydrogens is 140 g/mol. The van der Waals surface area contributed by atoms with Crippen LogP contribution in [0.25, 0.3) is 0 Å². The van der Waals surface area contributed by atoms with Crippen molar-refractivity contribution in [3.05, 3.63) is 0 Å². The van der Waals surface area contributed by atoms with Crippen molar-refractivity contribution < 1.29 is 4.79 Å². The van der Waals surface area contributed by atoms with Gasteiger partial charge in [-0.1, -0.05) is 13.8 Å². The van der Waals surface area contributed by atoms with E-state index in [-0.39, 0.29) is 12.1 Å². The monoisotopic (exact) mass is 160 g/mol. The average Bonchev–Trinajstić information content (AvgIpc) is 1.90. The Kier molecular flexibility index (Phi) is 8.65. The molecular formula is C8H20N2O. The Bertz CT molecular complexity index is 100. The van der Waals surface area contributed by atoms with E-state index in [9.17, 15) is 4.79 Å². The Hall–Kier alpha value is -0.730. The van der Waals surface area contributed by atoms with Crippen molar-refractivity contribution in [1.82, 2.24) is 10.2 Å². The normalized spacial score (nSPS) is 8.27. The maximum absolute atomic E-state index is 10.8. The largest absolute Gasteiger partial charge is 0.336 e. The summed E-state index contributed by atoms with van der Waals surface area (Å²) in [5, 5.41) is 2.73. The van der Waals surface area contributed by atoms with Crippen molar-refractivity contribution in [2.75, 3.05) is 14.1 Å². The fraction of sp³-hybridized carbons (Fsp3) is 0.875. The molecule has 0 fully saturated rings. The molecule has 0 rings (SSSR count). The van der Waals surface area contributed by atoms with Gasteiger partial charge in [0.2, 0.25) is 0 Å². The Balaban J connectivity index is 0. The van der Waals surface area contributed by atoms with Crippen LogP contribution < -0.4 is 5.32 Å². The fourth-order valence-corrected chi connectivity index (χ4v) is 0.376. The molecule has 0 aliphatic carbocycles. The Morgan fingerprint density at radius 2 is 1.64 bits per heavy atom. The lowest BCUT2D eigenvalue weighted by atomic mass is 10.4. The van der Waals surface area contributed by atoms with Crippen molar-refractivity contribution in [2.45, 2.75) is 33.7 Å². The standard InChI is InChI=1S/C6H14N2O.C2H6/c1-5(2)7-6(9)8(3)4;1-2/h5H,1-4H3,(H,7,9);1-2H3. The fourth-order valence-electron chi connectivity index (χ4n) is 0.376. The summed E-state index contributed by atoms with van der Waals surface area (Å²) in [4.78, 5) is 12.3. The second-order valence-electron chi connectivity index (χ2n) is 2.50. The summed E-state index contributed by atoms with van der Waals surface area (Å²) in [5.41, 5.74) is 0. The summed E-state index contributed by atoms with van der Waals surface area (Å²) in [5.74, 6) is 0. The van der Waals surface area contributed by atoms with Gasteiger partial charge in [0, 0.05) is 20.1 Å². The van der Waals surface area contributed by atoms with Crippen LogP contribution in [0, 0.1) is 0 Å². The molecule has 0 saturated heterocycles. The number of amides is 2. The summed E-state index contributed by atoms with van der Waals surface area (Å²) < 4.78 is 0. The molecule has 0 spiro atoms. The Morgan fingerprint density at radius 1 is 1.27 bits per heavy atom. The molecule has 0 bridgehead atoms. The van der Waals surface area contributed by atoms with E-state index in [1.54, 1.807) is 14.1 Å². The maximum Gasteiger partial charge on any atom is 0.317 e. The van der Waals surface area contributed by atoms with Crippen LogP contribution in [0.2, 0.25) is 0 Å². The first-order valence-electron chi connectivity index (χ1n) is 4.02. The van der Waals surface area contributed by atoms with Crippen LogP contribution in [0.3, 0.4) is 0 Å². The van der Waals surface area contributed by atoms with Gasteiger partial charge in [-0.3, -0.25) is 0 Å². The minimum absolute atomic E-state index is 0.0370. The first-order valence-corrected chi connectivity index (χ1v) is 4.02. The zero-order valence-corrected chi connectivity index (χ0v) is 8.43. The molecule has 11 heavy (non-hydrogen) atoms. The first-order chi connectivity index (χ1) is 5.04. The van der Waals surface area contributed by atoms with Crippen molar-refractivity contribution >= 4 is 6.03 Å². The summed E-state index contributed by atoms with van der Waals surface area (Å²) in [6, 6.07) is 0.185. The van der Waals surface area contributed by atoms with Gasteiger partial charge in [0.15, 0.2) is 0 Å². The molecule has 0 radical (unpaired) electrons. The van der Waals surface area contributed by atoms with Crippen LogP contribution in [0.1, 0.15) is 27.7 Å². The Morgan fingerprint density at radius 3 is 1.73 bits per heavy atom. The highest BCUT2D eigenvalue weighted by Gasteiger charge is 2.02. The lowest BCUT2D eigenvalue weighted by Crippen LogP contribution is -2.38. The SMILES string of the molecule is CC.CC(C)NC(=O)N(C)C. The number of hydrogen-bond donors (Lipinski definition) is 1. The predicted molar refractivity (Wildman–Crippen MR) is 48.7 cm³/mol. The molecule has 0 aromatic rings. The van der Waals surface area contributed by atoms with Gasteiger partial charge >= 0.3 is 6.03 Å². The second kappa shape index (κ2) is 7.38. The topological polar surface area (TPSA) is 32.3 Å². The zero-order chi connectivity index (χ0) is 9.44. The summed E-state index contributed by atoms with van der Waals surface area (Å²) in [6.45, 7) is 7.86. The second-order valence-corrected chi connectivity index (χ2v) is 2.50. The van der Waals surface area contributed by atoms with Crippen LogP contribution >= 0.6 is 0 Å². The molecule has 1 N–H and O–H groups in total. The third-order valence-corrected chi connectivity index (χ3v) is 0.818. The van der Waals surface area contributed by atoms with Gasteiger partial charge in [0.1, 0.15) is 0 Å². The van der Waals surface area contributed by atoms with Crippen LogP contribution in [0.15, 0.2) is 0 Å². The number of nitrogens with zero attached hydrogens (tertiary/aromatic N) is 1. The minimum atomic E-state index is -0.0370. The molecule has 0 aromatic heterocycles. The summed E-state index contributed by atoms with van der Waals surface area (Å²) in [6.07, 6.45) is 0. The van der Waals surface area contributed by atoms with Crippen molar-refractivity contribution in [3.8, 4) is 0 Å². The molecule has 0 aliphatic rings. The Labute approximate surface area is 69.8 Å². The summed E-state index contributed by atoms with van der Waals surface area (Å²) in [7, 11) is 3.44. The van der Waals surface area contributed by atoms with Crippen LogP contribution in [-0.4, -0.2) is 31.1 Å². The average molecular weight is 160 g/mol. The lowest BCUT2D eigenvalue weighted by molar-refractivity contribution is 0.215. The van der Waals surface area contributed by atoms with E-state index in [0.717, 1.165) is 0 Å². The number of urea groups is 1. The lowest BCUT2D eigenvalue weighted by Gasteiger charge is -2.13. The molecule has 0 heterocycles. The molecule has 2 amide bonds. The number of carbonyl (C=O) groups is 1. The maximum atomic E-state index is 10.8. The quantitative estimate of drug-likeness (QED) is 0.622. The molecule has 0 aliphatic heterocycles. The zero-order valence-electron chi connectivity index (χ0n) is 8.43. The number of carbonyl (C=O) groups excluding carboxylic acids is 1. The molecule has 0 atom stereocenters. The van der Waals surface area contributed by atoms with Crippen LogP contribution in [-0.2, 0) is 0 Å². The molecule has 0 saturated carbocycles. The highest BCUT2D eigenvalue weighted by molar-refractivity contribution is 5.73. The molecule has 3 nitrogen and oxygen atoms in total. The van der Waals surface area contributed by atoms with Gasteiger partial charge in [0.05, 0.1) is 0 Å². The molecule has 68 valence electrons. The van der Waals surface area contributed by atoms with Gasteiger partial charge < -0.3 is 10.2 Å². The van der Waals surface area contributed by atoms with Gasteiger partial charge in [-0.05, 0) is 13.8 Å². The molecule has 0 unspecified atom stereocenters. The van der Waals surface area contributed by atoms with E-state index < -0.39 is 0 Å². The van der Waals surface area contributed by atoms with Gasteiger partial charge in [0.25, 0.3) is 0 Å². The van der Waals surface area contributed by atoms with Crippen molar-refractivity contribution in [3.63, 3.8) is 0 Å². The third kappa shape index (κ3) is 9.27. The van der Waals surface area contributed by atoms with Crippen LogP contribution in [0.5, 0.6) is 0 Å². The van der Waals surface area contributed by atoms with Gasteiger partial charge in [-0.2, -0.15) is 0 Å². The number of hydrogen-bond acceptors (Lipinski definition) is 1. The van der Waals surface area contributed by atoms with E-state index in [0.29, 0.717) is 0 Å². The summed E-state index contributed by atoms with van der Waals surface area (Å²) >= 11 is 0. The van der Waals surface area contributed by atoms with Crippen molar-refractivity contribution in [2.24, 2.45) is 0 Å². The number of rotatable bonds is 1.